The molecule has 2 aromatic carbocycles. The summed E-state index contributed by atoms with van der Waals surface area (Å²) in [6, 6.07) is 9.68. The highest BCUT2D eigenvalue weighted by Gasteiger charge is 2.29. The normalized spacial score (nSPS) is 12.1. The van der Waals surface area contributed by atoms with Gasteiger partial charge in [0.25, 0.3) is 0 Å². The summed E-state index contributed by atoms with van der Waals surface area (Å²) in [5, 5.41) is 10.1. The van der Waals surface area contributed by atoms with Gasteiger partial charge < -0.3 is 0 Å². The first-order valence-electron chi connectivity index (χ1n) is 9.35. The van der Waals surface area contributed by atoms with Crippen LogP contribution in [-0.4, -0.2) is 38.2 Å². The van der Waals surface area contributed by atoms with Crippen LogP contribution in [0.5, 0.6) is 0 Å². The van der Waals surface area contributed by atoms with Crippen molar-refractivity contribution < 1.29 is 21.6 Å². The van der Waals surface area contributed by atoms with Gasteiger partial charge in [0.1, 0.15) is 10.6 Å². The summed E-state index contributed by atoms with van der Waals surface area (Å²) in [6.07, 6.45) is 2.36. The van der Waals surface area contributed by atoms with Crippen LogP contribution in [0.1, 0.15) is 29.4 Å². The van der Waals surface area contributed by atoms with Crippen molar-refractivity contribution in [2.45, 2.75) is 29.6 Å². The van der Waals surface area contributed by atoms with Crippen LogP contribution >= 0.6 is 23.2 Å². The molecular formula is C20H19Cl2N3O5S2. The third kappa shape index (κ3) is 5.21. The number of sulfone groups is 1. The van der Waals surface area contributed by atoms with Crippen molar-refractivity contribution in [1.29, 1.82) is 0 Å². The van der Waals surface area contributed by atoms with Gasteiger partial charge in [-0.2, -0.15) is 5.10 Å². The summed E-state index contributed by atoms with van der Waals surface area (Å²) < 4.78 is 50.9. The third-order valence-electron chi connectivity index (χ3n) is 4.56. The van der Waals surface area contributed by atoms with E-state index in [2.05, 4.69) is 5.10 Å². The quantitative estimate of drug-likeness (QED) is 0.457. The highest BCUT2D eigenvalue weighted by molar-refractivity contribution is 7.94. The van der Waals surface area contributed by atoms with E-state index >= 15 is 0 Å². The van der Waals surface area contributed by atoms with E-state index < -0.39 is 41.2 Å². The van der Waals surface area contributed by atoms with Gasteiger partial charge in [0.2, 0.25) is 10.0 Å². The summed E-state index contributed by atoms with van der Waals surface area (Å²) in [7, 11) is -8.62. The predicted molar refractivity (Wildman–Crippen MR) is 122 cm³/mol. The average molecular weight is 516 g/mol. The van der Waals surface area contributed by atoms with Crippen LogP contribution in [-0.2, 0) is 26.3 Å². The average Bonchev–Trinajstić information content (AvgIpc) is 3.10. The molecule has 8 nitrogen and oxygen atoms in total. The zero-order chi connectivity index (χ0) is 23.7. The molecular weight excluding hydrogens is 497 g/mol. The molecule has 1 heterocycles. The molecule has 0 bridgehead atoms. The van der Waals surface area contributed by atoms with Gasteiger partial charge >= 0.3 is 0 Å². The summed E-state index contributed by atoms with van der Waals surface area (Å²) >= 11 is 12.1. The minimum atomic E-state index is -4.31. The molecule has 170 valence electrons. The fourth-order valence-corrected chi connectivity index (χ4v) is 6.42. The summed E-state index contributed by atoms with van der Waals surface area (Å²) in [6.45, 7) is 1.90. The Bertz CT molecular complexity index is 1380. The van der Waals surface area contributed by atoms with Crippen molar-refractivity contribution >= 4 is 48.8 Å². The lowest BCUT2D eigenvalue weighted by atomic mass is 10.1. The first-order chi connectivity index (χ1) is 14.9. The molecule has 0 radical (unpaired) electrons. The summed E-state index contributed by atoms with van der Waals surface area (Å²) in [4.78, 5) is 11.9. The number of aromatic nitrogens is 2. The number of halogens is 2. The van der Waals surface area contributed by atoms with Gasteiger partial charge in [-0.05, 0) is 36.8 Å². The Morgan fingerprint density at radius 1 is 1.03 bits per heavy atom. The third-order valence-corrected chi connectivity index (χ3v) is 7.76. The van der Waals surface area contributed by atoms with Crippen LogP contribution in [0.2, 0.25) is 10.0 Å². The fraction of sp³-hybridized carbons (Fsp3) is 0.200. The SMILES string of the molecule is CCCc1c(C(=O)CS(=O)(=O)c2ccccc2S(N)(=O)=O)cnn1-c1cc(Cl)cc(Cl)c1. The van der Waals surface area contributed by atoms with Gasteiger partial charge in [0, 0.05) is 10.0 Å². The van der Waals surface area contributed by atoms with E-state index in [1.54, 1.807) is 18.2 Å². The maximum absolute atomic E-state index is 13.0. The highest BCUT2D eigenvalue weighted by atomic mass is 35.5. The monoisotopic (exact) mass is 515 g/mol. The van der Waals surface area contributed by atoms with Gasteiger partial charge in [-0.25, -0.2) is 26.7 Å². The second kappa shape index (κ2) is 9.32. The van der Waals surface area contributed by atoms with Gasteiger partial charge in [0.15, 0.2) is 15.6 Å². The number of nitrogens with two attached hydrogens (primary N) is 1. The molecule has 0 unspecified atom stereocenters. The van der Waals surface area contributed by atoms with E-state index in [0.29, 0.717) is 34.3 Å². The molecule has 0 atom stereocenters. The van der Waals surface area contributed by atoms with Crippen molar-refractivity contribution in [1.82, 2.24) is 9.78 Å². The maximum Gasteiger partial charge on any atom is 0.239 e. The van der Waals surface area contributed by atoms with E-state index in [0.717, 1.165) is 12.1 Å². The number of sulfonamides is 1. The Labute approximate surface area is 195 Å². The zero-order valence-electron chi connectivity index (χ0n) is 16.8. The van der Waals surface area contributed by atoms with Gasteiger partial charge in [-0.15, -0.1) is 0 Å². The van der Waals surface area contributed by atoms with E-state index in [-0.39, 0.29) is 5.56 Å². The second-order valence-electron chi connectivity index (χ2n) is 6.97. The molecule has 0 aliphatic heterocycles. The minimum absolute atomic E-state index is 0.111. The van der Waals surface area contributed by atoms with Crippen LogP contribution in [0.15, 0.2) is 58.5 Å². The van der Waals surface area contributed by atoms with Gasteiger partial charge in [-0.1, -0.05) is 48.7 Å². The molecule has 0 saturated heterocycles. The number of carbonyl (C=O) groups is 1. The van der Waals surface area contributed by atoms with E-state index in [1.165, 1.54) is 23.0 Å². The Morgan fingerprint density at radius 2 is 1.62 bits per heavy atom. The van der Waals surface area contributed by atoms with Crippen LogP contribution in [0.3, 0.4) is 0 Å². The topological polar surface area (TPSA) is 129 Å². The van der Waals surface area contributed by atoms with E-state index in [1.807, 2.05) is 6.92 Å². The largest absolute Gasteiger partial charge is 0.293 e. The maximum atomic E-state index is 13.0. The molecule has 0 fully saturated rings. The Hall–Kier alpha value is -2.24. The number of ketones is 1. The van der Waals surface area contributed by atoms with Crippen molar-refractivity contribution in [3.63, 3.8) is 0 Å². The Morgan fingerprint density at radius 3 is 2.19 bits per heavy atom. The van der Waals surface area contributed by atoms with Crippen molar-refractivity contribution in [2.24, 2.45) is 5.14 Å². The van der Waals surface area contributed by atoms with Crippen LogP contribution in [0.25, 0.3) is 5.69 Å². The number of benzene rings is 2. The molecule has 3 aromatic rings. The Kier molecular flexibility index (Phi) is 7.11. The summed E-state index contributed by atoms with van der Waals surface area (Å²) in [5.74, 6) is -1.67. The molecule has 3 rings (SSSR count). The van der Waals surface area contributed by atoms with Crippen molar-refractivity contribution in [3.05, 3.63) is 70.0 Å². The smallest absolute Gasteiger partial charge is 0.239 e. The molecule has 0 spiro atoms. The van der Waals surface area contributed by atoms with E-state index in [9.17, 15) is 21.6 Å². The minimum Gasteiger partial charge on any atom is -0.293 e. The number of hydrogen-bond acceptors (Lipinski definition) is 6. The number of carbonyl (C=O) groups excluding carboxylic acids is 1. The predicted octanol–water partition coefficient (Wildman–Crippen LogP) is 3.44. The second-order valence-corrected chi connectivity index (χ2v) is 11.3. The first kappa shape index (κ1) is 24.4. The first-order valence-corrected chi connectivity index (χ1v) is 13.3. The Balaban J connectivity index is 2.03. The fourth-order valence-electron chi connectivity index (χ4n) is 3.24. The lowest BCUT2D eigenvalue weighted by Gasteiger charge is -2.11. The van der Waals surface area contributed by atoms with Gasteiger partial charge in [0.05, 0.1) is 28.0 Å². The number of nitrogens with zero attached hydrogens (tertiary/aromatic N) is 2. The zero-order valence-corrected chi connectivity index (χ0v) is 20.0. The molecule has 0 aliphatic rings. The number of primary sulfonamides is 1. The molecule has 12 heteroatoms. The van der Waals surface area contributed by atoms with Gasteiger partial charge in [-0.3, -0.25) is 4.79 Å². The van der Waals surface area contributed by atoms with Crippen LogP contribution in [0.4, 0.5) is 0 Å². The molecule has 32 heavy (non-hydrogen) atoms. The standard InChI is InChI=1S/C20H19Cl2N3O5S2/c1-2-5-17-16(11-24-25(17)15-9-13(21)8-14(22)10-15)18(26)12-31(27,28)19-6-3-4-7-20(19)32(23,29)30/h3-4,6-11H,2,5,12H2,1H3,(H2,23,29,30). The highest BCUT2D eigenvalue weighted by Crippen LogP contribution is 2.26. The number of hydrogen-bond donors (Lipinski definition) is 1. The summed E-state index contributed by atoms with van der Waals surface area (Å²) in [5.41, 5.74) is 1.12. The van der Waals surface area contributed by atoms with Crippen molar-refractivity contribution in [3.8, 4) is 5.69 Å². The molecule has 0 aliphatic carbocycles. The lowest BCUT2D eigenvalue weighted by molar-refractivity contribution is 0.102. The van der Waals surface area contributed by atoms with Crippen LogP contribution in [0, 0.1) is 0 Å². The van der Waals surface area contributed by atoms with Crippen LogP contribution < -0.4 is 5.14 Å². The lowest BCUT2D eigenvalue weighted by Crippen LogP contribution is -2.22. The molecule has 0 amide bonds. The number of rotatable bonds is 8. The van der Waals surface area contributed by atoms with Crippen molar-refractivity contribution in [2.75, 3.05) is 5.75 Å². The molecule has 1 aromatic heterocycles. The molecule has 2 N–H and O–H groups in total. The molecule has 0 saturated carbocycles. The van der Waals surface area contributed by atoms with E-state index in [4.69, 9.17) is 28.3 Å². The number of Topliss-reactive ketones (excluding diaryl/α,β-unsaturated/α-hetero) is 1.